The Kier molecular flexibility index (Phi) is 5.92. The van der Waals surface area contributed by atoms with Crippen molar-refractivity contribution in [2.75, 3.05) is 0 Å². The van der Waals surface area contributed by atoms with Crippen molar-refractivity contribution in [1.29, 1.82) is 0 Å². The van der Waals surface area contributed by atoms with E-state index in [0.29, 0.717) is 29.2 Å². The molecule has 29 heavy (non-hydrogen) atoms. The molecule has 0 amide bonds. The van der Waals surface area contributed by atoms with Crippen molar-refractivity contribution >= 4 is 11.6 Å². The summed E-state index contributed by atoms with van der Waals surface area (Å²) in [4.78, 5) is 23.6. The number of hydrogen-bond donors (Lipinski definition) is 2. The average molecular weight is 407 g/mol. The molecule has 164 valence electrons. The Morgan fingerprint density at radius 3 is 2.24 bits per heavy atom. The Balaban J connectivity index is 1.96. The first-order chi connectivity index (χ1) is 13.3. The van der Waals surface area contributed by atoms with Gasteiger partial charge < -0.3 is 14.9 Å². The van der Waals surface area contributed by atoms with Crippen molar-refractivity contribution in [2.24, 2.45) is 22.7 Å². The van der Waals surface area contributed by atoms with Crippen LogP contribution < -0.4 is 0 Å². The lowest BCUT2D eigenvalue weighted by molar-refractivity contribution is -0.153. The molecule has 0 aromatic carbocycles. The lowest BCUT2D eigenvalue weighted by atomic mass is 9.45. The van der Waals surface area contributed by atoms with Crippen molar-refractivity contribution < 1.29 is 24.5 Å². The highest BCUT2D eigenvalue weighted by Gasteiger charge is 2.62. The predicted molar refractivity (Wildman–Crippen MR) is 111 cm³/mol. The number of ether oxygens (including phenoxy) is 1. The van der Waals surface area contributed by atoms with Gasteiger partial charge >= 0.3 is 0 Å². The fourth-order valence-corrected chi connectivity index (χ4v) is 6.97. The fourth-order valence-electron chi connectivity index (χ4n) is 6.97. The predicted octanol–water partition coefficient (Wildman–Crippen LogP) is 3.60. The maximum Gasteiger partial charge on any atom is 0.162 e. The number of Topliss-reactive ketones (excluding diaryl/α,β-unsaturated/α-hetero) is 2. The van der Waals surface area contributed by atoms with Crippen LogP contribution in [0, 0.1) is 22.7 Å². The molecule has 0 radical (unpaired) electrons. The highest BCUT2D eigenvalue weighted by molar-refractivity contribution is 5.85. The fraction of sp³-hybridized carbons (Fsp3) is 0.833. The third kappa shape index (κ3) is 3.86. The molecular weight excluding hydrogens is 368 g/mol. The molecule has 2 saturated carbocycles. The number of carbonyl (C=O) groups is 2. The second kappa shape index (κ2) is 7.58. The molecule has 3 rings (SSSR count). The number of aliphatic hydroxyl groups is 2. The summed E-state index contributed by atoms with van der Waals surface area (Å²) in [5.74, 6) is 0.118. The monoisotopic (exact) mass is 406 g/mol. The number of aliphatic hydroxyl groups excluding tert-OH is 2. The van der Waals surface area contributed by atoms with E-state index in [0.717, 1.165) is 12.8 Å². The molecule has 0 unspecified atom stereocenters. The summed E-state index contributed by atoms with van der Waals surface area (Å²) >= 11 is 0. The topological polar surface area (TPSA) is 83.8 Å². The average Bonchev–Trinajstić information content (AvgIpc) is 2.96. The quantitative estimate of drug-likeness (QED) is 0.682. The van der Waals surface area contributed by atoms with Crippen LogP contribution in [0.4, 0.5) is 0 Å². The molecule has 2 N–H and O–H groups in total. The Labute approximate surface area is 174 Å². The van der Waals surface area contributed by atoms with E-state index in [1.165, 1.54) is 39.2 Å². The van der Waals surface area contributed by atoms with Gasteiger partial charge in [-0.05, 0) is 87.2 Å². The number of rotatable bonds is 5. The minimum atomic E-state index is -1.36. The maximum atomic E-state index is 12.0. The van der Waals surface area contributed by atoms with Crippen LogP contribution in [0.15, 0.2) is 11.6 Å². The van der Waals surface area contributed by atoms with Crippen LogP contribution in [-0.2, 0) is 14.3 Å². The molecule has 1 saturated heterocycles. The van der Waals surface area contributed by atoms with Crippen molar-refractivity contribution in [1.82, 2.24) is 0 Å². The van der Waals surface area contributed by atoms with Gasteiger partial charge in [0.2, 0.25) is 0 Å². The van der Waals surface area contributed by atoms with Crippen molar-refractivity contribution in [3.63, 3.8) is 0 Å². The van der Waals surface area contributed by atoms with E-state index < -0.39 is 29.9 Å². The Morgan fingerprint density at radius 2 is 1.66 bits per heavy atom. The van der Waals surface area contributed by atoms with Gasteiger partial charge in [-0.25, -0.2) is 0 Å². The third-order valence-corrected chi connectivity index (χ3v) is 8.44. The van der Waals surface area contributed by atoms with Gasteiger partial charge in [0.25, 0.3) is 0 Å². The first kappa shape index (κ1) is 22.6. The zero-order valence-electron chi connectivity index (χ0n) is 18.8. The molecule has 3 fully saturated rings. The minimum absolute atomic E-state index is 0.148. The third-order valence-electron chi connectivity index (χ3n) is 8.44. The van der Waals surface area contributed by atoms with Gasteiger partial charge in [-0.3, -0.25) is 9.59 Å². The lowest BCUT2D eigenvalue weighted by Crippen LogP contribution is -2.55. The molecule has 0 aromatic rings. The zero-order chi connectivity index (χ0) is 21.8. The van der Waals surface area contributed by atoms with Crippen LogP contribution in [0.25, 0.3) is 0 Å². The van der Waals surface area contributed by atoms with E-state index in [4.69, 9.17) is 4.74 Å². The van der Waals surface area contributed by atoms with Crippen molar-refractivity contribution in [2.45, 2.75) is 104 Å². The van der Waals surface area contributed by atoms with E-state index in [1.54, 1.807) is 0 Å². The van der Waals surface area contributed by atoms with E-state index in [1.807, 2.05) is 0 Å². The van der Waals surface area contributed by atoms with Crippen molar-refractivity contribution in [3.8, 4) is 0 Å². The maximum absolute atomic E-state index is 12.0. The second-order valence-electron chi connectivity index (χ2n) is 10.9. The van der Waals surface area contributed by atoms with Gasteiger partial charge in [0.05, 0.1) is 11.7 Å². The van der Waals surface area contributed by atoms with Crippen LogP contribution >= 0.6 is 0 Å². The number of ketones is 2. The molecule has 1 aliphatic heterocycles. The van der Waals surface area contributed by atoms with Gasteiger partial charge in [-0.2, -0.15) is 0 Å². The summed E-state index contributed by atoms with van der Waals surface area (Å²) in [5.41, 5.74) is 0.468. The molecule has 0 spiro atoms. The summed E-state index contributed by atoms with van der Waals surface area (Å²) in [5, 5.41) is 20.7. The van der Waals surface area contributed by atoms with Gasteiger partial charge in [-0.15, -0.1) is 0 Å². The molecule has 0 bridgehead atoms. The van der Waals surface area contributed by atoms with Crippen LogP contribution in [0.2, 0.25) is 0 Å². The number of fused-ring (bicyclic) bond motifs is 3. The van der Waals surface area contributed by atoms with Gasteiger partial charge in [0.1, 0.15) is 12.2 Å². The second-order valence-corrected chi connectivity index (χ2v) is 10.9. The molecule has 1 heterocycles. The smallest absolute Gasteiger partial charge is 0.162 e. The van der Waals surface area contributed by atoms with Crippen LogP contribution in [0.5, 0.6) is 0 Å². The Hall–Kier alpha value is -1.04. The summed E-state index contributed by atoms with van der Waals surface area (Å²) < 4.78 is 6.55. The zero-order valence-corrected chi connectivity index (χ0v) is 18.8. The standard InChI is InChI=1S/C24H38O5/c1-14(25)17(27)12-16(21(28)15(2)26)18-13-20-23(5)10-7-9-22(3,4)19(23)8-11-24(20,6)29-18/h12,17-21,27-28H,7-11,13H2,1-6H3/b16-12+/t17-,18-,19+,20-,21-,23+,24-/m1/s1. The highest BCUT2D eigenvalue weighted by Crippen LogP contribution is 2.66. The summed E-state index contributed by atoms with van der Waals surface area (Å²) in [7, 11) is 0. The van der Waals surface area contributed by atoms with E-state index >= 15 is 0 Å². The Bertz CT molecular complexity index is 710. The summed E-state index contributed by atoms with van der Waals surface area (Å²) in [6.07, 6.45) is 4.59. The normalized spacial score (nSPS) is 41.2. The number of carbonyl (C=O) groups excluding carboxylic acids is 2. The summed E-state index contributed by atoms with van der Waals surface area (Å²) in [6, 6.07) is 0. The van der Waals surface area contributed by atoms with Crippen molar-refractivity contribution in [3.05, 3.63) is 11.6 Å². The lowest BCUT2D eigenvalue weighted by Gasteiger charge is -2.60. The van der Waals surface area contributed by atoms with Crippen LogP contribution in [0.3, 0.4) is 0 Å². The van der Waals surface area contributed by atoms with Crippen LogP contribution in [0.1, 0.15) is 80.1 Å². The SMILES string of the molecule is CC(=O)[C@H](O)/C=C(/[C@H](O)C(C)=O)[C@H]1C[C@@H]2[C@@]3(C)CCCC(C)(C)[C@@H]3CC[C@@]2(C)O1. The summed E-state index contributed by atoms with van der Waals surface area (Å²) in [6.45, 7) is 12.0. The molecule has 7 atom stereocenters. The molecule has 5 heteroatoms. The molecular formula is C24H38O5. The first-order valence-electron chi connectivity index (χ1n) is 11.1. The van der Waals surface area contributed by atoms with Crippen LogP contribution in [-0.4, -0.2) is 45.7 Å². The molecule has 2 aliphatic carbocycles. The minimum Gasteiger partial charge on any atom is -0.381 e. The molecule has 3 aliphatic rings. The highest BCUT2D eigenvalue weighted by atomic mass is 16.5. The van der Waals surface area contributed by atoms with E-state index in [2.05, 4.69) is 27.7 Å². The number of hydrogen-bond acceptors (Lipinski definition) is 5. The van der Waals surface area contributed by atoms with Gasteiger partial charge in [0.15, 0.2) is 11.6 Å². The Morgan fingerprint density at radius 1 is 1.00 bits per heavy atom. The van der Waals surface area contributed by atoms with Gasteiger partial charge in [-0.1, -0.05) is 27.2 Å². The first-order valence-corrected chi connectivity index (χ1v) is 11.1. The largest absolute Gasteiger partial charge is 0.381 e. The molecule has 0 aromatic heterocycles. The van der Waals surface area contributed by atoms with Gasteiger partial charge in [0, 0.05) is 0 Å². The van der Waals surface area contributed by atoms with E-state index in [-0.39, 0.29) is 11.0 Å². The molecule has 5 nitrogen and oxygen atoms in total. The van der Waals surface area contributed by atoms with E-state index in [9.17, 15) is 19.8 Å².